The van der Waals surface area contributed by atoms with Crippen molar-refractivity contribution in [3.8, 4) is 0 Å². The van der Waals surface area contributed by atoms with Crippen LogP contribution in [0.4, 0.5) is 0 Å². The van der Waals surface area contributed by atoms with Crippen LogP contribution in [-0.4, -0.2) is 24.0 Å². The van der Waals surface area contributed by atoms with E-state index < -0.39 is 0 Å². The molecular weight excluding hydrogens is 200 g/mol. The number of hydrogen-bond donors (Lipinski definition) is 2. The van der Waals surface area contributed by atoms with E-state index in [9.17, 15) is 4.79 Å². The zero-order valence-electron chi connectivity index (χ0n) is 11.1. The van der Waals surface area contributed by atoms with Gasteiger partial charge in [0.1, 0.15) is 0 Å². The van der Waals surface area contributed by atoms with E-state index in [1.54, 1.807) is 0 Å². The standard InChI is InChI=1S/C13H26N2O/c1-10(2)9-14-12(16)11(3)15-13(4)7-5-6-8-13/h10-11,15H,5-9H2,1-4H3,(H,14,16). The van der Waals surface area contributed by atoms with Crippen molar-refractivity contribution >= 4 is 5.91 Å². The van der Waals surface area contributed by atoms with Gasteiger partial charge in [-0.1, -0.05) is 26.7 Å². The van der Waals surface area contributed by atoms with Gasteiger partial charge in [0.05, 0.1) is 6.04 Å². The Morgan fingerprint density at radius 1 is 1.25 bits per heavy atom. The molecular formula is C13H26N2O. The van der Waals surface area contributed by atoms with Crippen LogP contribution < -0.4 is 10.6 Å². The number of amides is 1. The van der Waals surface area contributed by atoms with E-state index in [-0.39, 0.29) is 17.5 Å². The molecule has 0 aliphatic heterocycles. The molecule has 1 unspecified atom stereocenters. The van der Waals surface area contributed by atoms with Gasteiger partial charge in [-0.25, -0.2) is 0 Å². The molecule has 3 nitrogen and oxygen atoms in total. The number of hydrogen-bond acceptors (Lipinski definition) is 2. The van der Waals surface area contributed by atoms with Crippen molar-refractivity contribution in [2.75, 3.05) is 6.54 Å². The van der Waals surface area contributed by atoms with E-state index in [1.165, 1.54) is 25.7 Å². The summed E-state index contributed by atoms with van der Waals surface area (Å²) in [6, 6.07) is -0.0816. The summed E-state index contributed by atoms with van der Waals surface area (Å²) < 4.78 is 0. The topological polar surface area (TPSA) is 41.1 Å². The molecule has 0 aromatic carbocycles. The van der Waals surface area contributed by atoms with Gasteiger partial charge in [0.15, 0.2) is 0 Å². The third-order valence-corrected chi connectivity index (χ3v) is 3.35. The molecule has 1 fully saturated rings. The van der Waals surface area contributed by atoms with Gasteiger partial charge in [-0.3, -0.25) is 4.79 Å². The van der Waals surface area contributed by atoms with Crippen LogP contribution in [0.2, 0.25) is 0 Å². The van der Waals surface area contributed by atoms with Crippen molar-refractivity contribution in [3.05, 3.63) is 0 Å². The first-order chi connectivity index (χ1) is 7.43. The molecule has 0 saturated heterocycles. The maximum absolute atomic E-state index is 11.8. The summed E-state index contributed by atoms with van der Waals surface area (Å²) in [6.07, 6.45) is 4.94. The smallest absolute Gasteiger partial charge is 0.236 e. The monoisotopic (exact) mass is 226 g/mol. The first kappa shape index (κ1) is 13.5. The fraction of sp³-hybridized carbons (Fsp3) is 0.923. The Morgan fingerprint density at radius 3 is 2.31 bits per heavy atom. The molecule has 3 heteroatoms. The Labute approximate surface area is 99.4 Å². The van der Waals surface area contributed by atoms with Gasteiger partial charge in [0, 0.05) is 12.1 Å². The Morgan fingerprint density at radius 2 is 1.81 bits per heavy atom. The predicted octanol–water partition coefficient (Wildman–Crippen LogP) is 2.07. The molecule has 1 saturated carbocycles. The molecule has 0 spiro atoms. The van der Waals surface area contributed by atoms with E-state index in [2.05, 4.69) is 31.4 Å². The normalized spacial score (nSPS) is 21.1. The van der Waals surface area contributed by atoms with Crippen LogP contribution in [0.25, 0.3) is 0 Å². The lowest BCUT2D eigenvalue weighted by Crippen LogP contribution is -2.52. The molecule has 1 rings (SSSR count). The molecule has 0 bridgehead atoms. The average molecular weight is 226 g/mol. The van der Waals surface area contributed by atoms with Crippen LogP contribution in [0.5, 0.6) is 0 Å². The molecule has 94 valence electrons. The number of rotatable bonds is 5. The highest BCUT2D eigenvalue weighted by Crippen LogP contribution is 2.29. The number of nitrogens with one attached hydrogen (secondary N) is 2. The summed E-state index contributed by atoms with van der Waals surface area (Å²) in [7, 11) is 0. The Kier molecular flexibility index (Phi) is 4.78. The van der Waals surface area contributed by atoms with Crippen LogP contribution in [0.15, 0.2) is 0 Å². The summed E-state index contributed by atoms with van der Waals surface area (Å²) in [5.41, 5.74) is 0.175. The molecule has 1 atom stereocenters. The van der Waals surface area contributed by atoms with E-state index >= 15 is 0 Å². The SMILES string of the molecule is CC(C)CNC(=O)C(C)NC1(C)CCCC1. The van der Waals surface area contributed by atoms with E-state index in [0.29, 0.717) is 5.92 Å². The van der Waals surface area contributed by atoms with Crippen molar-refractivity contribution in [2.24, 2.45) is 5.92 Å². The summed E-state index contributed by atoms with van der Waals surface area (Å²) in [6.45, 7) is 9.17. The summed E-state index contributed by atoms with van der Waals surface area (Å²) >= 11 is 0. The molecule has 16 heavy (non-hydrogen) atoms. The highest BCUT2D eigenvalue weighted by Gasteiger charge is 2.31. The first-order valence-corrected chi connectivity index (χ1v) is 6.48. The maximum atomic E-state index is 11.8. The third-order valence-electron chi connectivity index (χ3n) is 3.35. The second-order valence-corrected chi connectivity index (χ2v) is 5.77. The highest BCUT2D eigenvalue weighted by molar-refractivity contribution is 5.81. The molecule has 0 heterocycles. The molecule has 1 aliphatic carbocycles. The van der Waals surface area contributed by atoms with Gasteiger partial charge in [0.25, 0.3) is 0 Å². The van der Waals surface area contributed by atoms with Crippen LogP contribution in [0.3, 0.4) is 0 Å². The lowest BCUT2D eigenvalue weighted by molar-refractivity contribution is -0.123. The van der Waals surface area contributed by atoms with Gasteiger partial charge in [-0.05, 0) is 32.6 Å². The zero-order chi connectivity index (χ0) is 12.2. The van der Waals surface area contributed by atoms with Crippen molar-refractivity contribution in [3.63, 3.8) is 0 Å². The largest absolute Gasteiger partial charge is 0.354 e. The molecule has 0 aromatic rings. The lowest BCUT2D eigenvalue weighted by atomic mass is 9.99. The fourth-order valence-corrected chi connectivity index (χ4v) is 2.35. The minimum Gasteiger partial charge on any atom is -0.354 e. The molecule has 2 N–H and O–H groups in total. The average Bonchev–Trinajstić information content (AvgIpc) is 2.61. The predicted molar refractivity (Wildman–Crippen MR) is 67.3 cm³/mol. The molecule has 1 aliphatic rings. The fourth-order valence-electron chi connectivity index (χ4n) is 2.35. The lowest BCUT2D eigenvalue weighted by Gasteiger charge is -2.29. The van der Waals surface area contributed by atoms with E-state index in [0.717, 1.165) is 6.54 Å². The minimum atomic E-state index is -0.0816. The van der Waals surface area contributed by atoms with Gasteiger partial charge < -0.3 is 10.6 Å². The van der Waals surface area contributed by atoms with Gasteiger partial charge >= 0.3 is 0 Å². The summed E-state index contributed by atoms with van der Waals surface area (Å²) in [5, 5.41) is 6.44. The minimum absolute atomic E-state index is 0.0816. The molecule has 0 aromatic heterocycles. The second kappa shape index (κ2) is 5.67. The van der Waals surface area contributed by atoms with Gasteiger partial charge in [-0.15, -0.1) is 0 Å². The highest BCUT2D eigenvalue weighted by atomic mass is 16.2. The number of carbonyl (C=O) groups is 1. The zero-order valence-corrected chi connectivity index (χ0v) is 11.1. The van der Waals surface area contributed by atoms with Gasteiger partial charge in [0.2, 0.25) is 5.91 Å². The third kappa shape index (κ3) is 4.12. The van der Waals surface area contributed by atoms with Crippen LogP contribution >= 0.6 is 0 Å². The molecule has 1 amide bonds. The molecule has 0 radical (unpaired) electrons. The summed E-state index contributed by atoms with van der Waals surface area (Å²) in [5.74, 6) is 0.639. The second-order valence-electron chi connectivity index (χ2n) is 5.77. The van der Waals surface area contributed by atoms with Crippen LogP contribution in [0.1, 0.15) is 53.4 Å². The van der Waals surface area contributed by atoms with E-state index in [1.807, 2.05) is 6.92 Å². The van der Waals surface area contributed by atoms with Crippen molar-refractivity contribution in [1.82, 2.24) is 10.6 Å². The Hall–Kier alpha value is -0.570. The van der Waals surface area contributed by atoms with Crippen LogP contribution in [-0.2, 0) is 4.79 Å². The maximum Gasteiger partial charge on any atom is 0.236 e. The summed E-state index contributed by atoms with van der Waals surface area (Å²) in [4.78, 5) is 11.8. The van der Waals surface area contributed by atoms with Crippen molar-refractivity contribution in [1.29, 1.82) is 0 Å². The van der Waals surface area contributed by atoms with Crippen LogP contribution in [0, 0.1) is 5.92 Å². The Bertz CT molecular complexity index is 232. The van der Waals surface area contributed by atoms with Crippen molar-refractivity contribution < 1.29 is 4.79 Å². The quantitative estimate of drug-likeness (QED) is 0.753. The Balaban J connectivity index is 2.33. The van der Waals surface area contributed by atoms with Gasteiger partial charge in [-0.2, -0.15) is 0 Å². The first-order valence-electron chi connectivity index (χ1n) is 6.48. The van der Waals surface area contributed by atoms with E-state index in [4.69, 9.17) is 0 Å². The number of carbonyl (C=O) groups excluding carboxylic acids is 1. The van der Waals surface area contributed by atoms with Crippen molar-refractivity contribution in [2.45, 2.75) is 65.0 Å².